The predicted molar refractivity (Wildman–Crippen MR) is 197 cm³/mol. The third-order valence-electron chi connectivity index (χ3n) is 11.1. The molecule has 0 spiro atoms. The molecule has 0 saturated heterocycles. The van der Waals surface area contributed by atoms with E-state index in [1.807, 2.05) is 96.2 Å². The van der Waals surface area contributed by atoms with E-state index < -0.39 is 60.2 Å². The van der Waals surface area contributed by atoms with Gasteiger partial charge in [-0.2, -0.15) is 0 Å². The first-order chi connectivity index (χ1) is 24.2. The molecular formula is C40H50N2O9Si. The van der Waals surface area contributed by atoms with Crippen LogP contribution in [0.3, 0.4) is 0 Å². The molecule has 1 N–H and O–H groups in total. The summed E-state index contributed by atoms with van der Waals surface area (Å²) in [6.07, 6.45) is -0.632. The molecule has 12 heteroatoms. The molecule has 0 aliphatic heterocycles. The van der Waals surface area contributed by atoms with Gasteiger partial charge in [0.2, 0.25) is 11.6 Å². The van der Waals surface area contributed by atoms with Gasteiger partial charge in [-0.15, -0.1) is 0 Å². The van der Waals surface area contributed by atoms with Crippen molar-refractivity contribution in [3.63, 3.8) is 0 Å². The number of benzene rings is 2. The van der Waals surface area contributed by atoms with Crippen molar-refractivity contribution < 1.29 is 42.6 Å². The van der Waals surface area contributed by atoms with Crippen LogP contribution in [0.15, 0.2) is 58.6 Å². The third-order valence-corrected chi connectivity index (χ3v) is 15.6. The minimum Gasteiger partial charge on any atom is -0.507 e. The zero-order valence-corrected chi connectivity index (χ0v) is 33.0. The molecular weight excluding hydrogens is 681 g/mol. The molecule has 0 unspecified atom stereocenters. The molecule has 3 aliphatic rings. The Morgan fingerprint density at radius 1 is 1.00 bits per heavy atom. The smallest absolute Gasteiger partial charge is 0.507 e. The van der Waals surface area contributed by atoms with E-state index in [9.17, 15) is 9.90 Å². The molecule has 3 aromatic rings. The monoisotopic (exact) mass is 730 g/mol. The van der Waals surface area contributed by atoms with Crippen molar-refractivity contribution in [3.8, 4) is 11.6 Å². The number of aliphatic hydroxyl groups excluding tert-OH is 1. The number of fused-ring (bicyclic) bond motifs is 4. The Bertz CT molecular complexity index is 1940. The van der Waals surface area contributed by atoms with Gasteiger partial charge < -0.3 is 28.3 Å². The van der Waals surface area contributed by atoms with Gasteiger partial charge in [-0.3, -0.25) is 14.5 Å². The van der Waals surface area contributed by atoms with Gasteiger partial charge in [0.15, 0.2) is 19.7 Å². The minimum absolute atomic E-state index is 0.0177. The number of carbonyl (C=O) groups is 3. The van der Waals surface area contributed by atoms with Crippen molar-refractivity contribution in [2.75, 3.05) is 14.1 Å². The van der Waals surface area contributed by atoms with Gasteiger partial charge in [-0.25, -0.2) is 4.79 Å². The molecule has 0 amide bonds. The second kappa shape index (κ2) is 13.0. The van der Waals surface area contributed by atoms with Crippen LogP contribution in [0.4, 0.5) is 4.79 Å². The minimum atomic E-state index is -2.91. The van der Waals surface area contributed by atoms with Crippen molar-refractivity contribution in [1.29, 1.82) is 0 Å². The molecule has 6 rings (SSSR count). The highest BCUT2D eigenvalue weighted by Crippen LogP contribution is 2.61. The fraction of sp³-hybridized carbons (Fsp3) is 0.500. The maximum Gasteiger partial charge on any atom is 0.514 e. The van der Waals surface area contributed by atoms with Gasteiger partial charge in [-0.1, -0.05) is 70.2 Å². The molecule has 2 aromatic carbocycles. The molecule has 278 valence electrons. The van der Waals surface area contributed by atoms with Gasteiger partial charge in [0.05, 0.1) is 11.6 Å². The highest BCUT2D eigenvalue weighted by Gasteiger charge is 2.69. The van der Waals surface area contributed by atoms with E-state index in [1.165, 1.54) is 0 Å². The molecule has 0 radical (unpaired) electrons. The first-order valence-corrected chi connectivity index (χ1v) is 20.7. The summed E-state index contributed by atoms with van der Waals surface area (Å²) in [4.78, 5) is 45.8. The zero-order valence-electron chi connectivity index (χ0n) is 32.0. The number of nitrogens with zero attached hydrogens (tertiary/aromatic N) is 2. The number of hydrogen-bond acceptors (Lipinski definition) is 11. The van der Waals surface area contributed by atoms with Gasteiger partial charge in [0.1, 0.15) is 29.3 Å². The maximum atomic E-state index is 15.6. The Labute approximate surface area is 306 Å². The molecule has 1 saturated carbocycles. The Morgan fingerprint density at radius 3 is 2.29 bits per heavy atom. The third kappa shape index (κ3) is 6.18. The van der Waals surface area contributed by atoms with E-state index in [1.54, 1.807) is 32.9 Å². The van der Waals surface area contributed by atoms with Gasteiger partial charge in [-0.05, 0) is 93.6 Å². The van der Waals surface area contributed by atoms with Crippen LogP contribution in [0.1, 0.15) is 99.7 Å². The normalized spacial score (nSPS) is 24.5. The second-order valence-electron chi connectivity index (χ2n) is 17.0. The van der Waals surface area contributed by atoms with E-state index in [0.29, 0.717) is 17.7 Å². The molecule has 0 bridgehead atoms. The lowest BCUT2D eigenvalue weighted by Crippen LogP contribution is -2.68. The lowest BCUT2D eigenvalue weighted by atomic mass is 9.55. The number of Topliss-reactive ketones (excluding diaryl/α,β-unsaturated/α-hetero) is 2. The fourth-order valence-corrected chi connectivity index (χ4v) is 9.09. The average molecular weight is 731 g/mol. The van der Waals surface area contributed by atoms with Crippen LogP contribution < -0.4 is 9.47 Å². The molecule has 5 atom stereocenters. The van der Waals surface area contributed by atoms with Crippen molar-refractivity contribution >= 4 is 31.8 Å². The Hall–Kier alpha value is -4.26. The lowest BCUT2D eigenvalue weighted by Gasteiger charge is -2.55. The van der Waals surface area contributed by atoms with Crippen molar-refractivity contribution in [2.45, 2.75) is 103 Å². The summed E-state index contributed by atoms with van der Waals surface area (Å²) in [6.45, 7) is 17.4. The average Bonchev–Trinajstić information content (AvgIpc) is 3.46. The summed E-state index contributed by atoms with van der Waals surface area (Å²) in [5.41, 5.74) is -0.935. The number of ether oxygens (including phenoxy) is 3. The Balaban J connectivity index is 1.55. The maximum absolute atomic E-state index is 15.6. The molecule has 52 heavy (non-hydrogen) atoms. The molecule has 1 fully saturated rings. The van der Waals surface area contributed by atoms with E-state index >= 15 is 9.59 Å². The Morgan fingerprint density at radius 2 is 1.67 bits per heavy atom. The first-order valence-electron chi connectivity index (χ1n) is 17.8. The van der Waals surface area contributed by atoms with Crippen LogP contribution in [0.2, 0.25) is 18.1 Å². The second-order valence-corrected chi connectivity index (χ2v) is 21.7. The van der Waals surface area contributed by atoms with Crippen molar-refractivity contribution in [2.24, 2.45) is 11.8 Å². The van der Waals surface area contributed by atoms with Crippen molar-refractivity contribution in [3.05, 3.63) is 82.1 Å². The fourth-order valence-electron chi connectivity index (χ4n) is 7.64. The first kappa shape index (κ1) is 37.5. The highest BCUT2D eigenvalue weighted by molar-refractivity contribution is 6.74. The van der Waals surface area contributed by atoms with E-state index in [2.05, 4.69) is 5.16 Å². The number of aliphatic hydroxyl groups is 1. The predicted octanol–water partition coefficient (Wildman–Crippen LogP) is 8.42. The topological polar surface area (TPSA) is 138 Å². The molecule has 1 aromatic heterocycles. The zero-order chi connectivity index (χ0) is 38.1. The van der Waals surface area contributed by atoms with Crippen LogP contribution in [0.5, 0.6) is 11.6 Å². The van der Waals surface area contributed by atoms with Crippen molar-refractivity contribution in [1.82, 2.24) is 10.1 Å². The summed E-state index contributed by atoms with van der Waals surface area (Å²) in [5, 5.41) is 16.1. The quantitative estimate of drug-likeness (QED) is 0.109. The molecule has 11 nitrogen and oxygen atoms in total. The van der Waals surface area contributed by atoms with Crippen LogP contribution in [-0.4, -0.2) is 66.5 Å². The van der Waals surface area contributed by atoms with Gasteiger partial charge in [0, 0.05) is 11.5 Å². The summed E-state index contributed by atoms with van der Waals surface area (Å²) in [5.74, 6) is -2.71. The van der Waals surface area contributed by atoms with Gasteiger partial charge >= 0.3 is 6.16 Å². The standard InChI is InChI=1S/C40H50N2O9Si/c1-22-24-18-15-19-27(48-37(46)49-38(2,3)4)28(24)32(43)29-25(22)20-26-31(42(8)9)33-30(36(41-50-33)47-21-23-16-13-12-14-17-23)35(45)40(26,34(29)44)51-52(10,11)39(5,6)7/h12-19,22,25-26,31,43H,20-21H2,1-11H3/t22-,25+,26-,31-,40-/m0/s1. The molecule has 1 heterocycles. The largest absolute Gasteiger partial charge is 0.514 e. The number of rotatable bonds is 7. The van der Waals surface area contributed by atoms with Crippen LogP contribution in [0.25, 0.3) is 5.76 Å². The van der Waals surface area contributed by atoms with Gasteiger partial charge in [0.25, 0.3) is 5.88 Å². The number of ketones is 2. The van der Waals surface area contributed by atoms with E-state index in [0.717, 1.165) is 5.56 Å². The number of carbonyl (C=O) groups excluding carboxylic acids is 3. The van der Waals surface area contributed by atoms with Crippen LogP contribution in [0, 0.1) is 11.8 Å². The summed E-state index contributed by atoms with van der Waals surface area (Å²) < 4.78 is 30.4. The van der Waals surface area contributed by atoms with Crippen LogP contribution in [-0.2, 0) is 20.6 Å². The highest BCUT2D eigenvalue weighted by atomic mass is 28.4. The Kier molecular flexibility index (Phi) is 9.37. The number of hydrogen-bond donors (Lipinski definition) is 1. The summed E-state index contributed by atoms with van der Waals surface area (Å²) in [7, 11) is 0.841. The number of aromatic nitrogens is 1. The summed E-state index contributed by atoms with van der Waals surface area (Å²) in [6, 6.07) is 14.0. The van der Waals surface area contributed by atoms with E-state index in [-0.39, 0.29) is 46.6 Å². The summed E-state index contributed by atoms with van der Waals surface area (Å²) >= 11 is 0. The van der Waals surface area contributed by atoms with E-state index in [4.69, 9.17) is 23.2 Å². The SMILES string of the molecule is C[C@H]1c2cccc(OC(=O)OC(C)(C)C)c2C(O)=C2C(=O)[C@]3(O[Si](C)(C)C(C)(C)C)C(=O)c4c(OCc5ccccc5)noc4[C@@H](N(C)C)[C@@H]3C[C@@H]21. The van der Waals surface area contributed by atoms with Crippen LogP contribution >= 0.6 is 0 Å². The lowest BCUT2D eigenvalue weighted by molar-refractivity contribution is -0.141. The molecule has 3 aliphatic carbocycles.